The number of anilines is 1. The summed E-state index contributed by atoms with van der Waals surface area (Å²) in [4.78, 5) is 34.8. The molecule has 1 fully saturated rings. The maximum atomic E-state index is 10.9. The number of carbonyl (C=O) groups excluding carboxylic acids is 2. The SMILES string of the molecule is CC(=O)NCc1ccc(CCl)cc1.CC(=O)NCc1ccc(CN2CCN(c3cnccn3)CC2)cc1. The van der Waals surface area contributed by atoms with Gasteiger partial charge >= 0.3 is 0 Å². The van der Waals surface area contributed by atoms with Crippen molar-refractivity contribution in [1.82, 2.24) is 25.5 Å². The van der Waals surface area contributed by atoms with Crippen LogP contribution in [0.1, 0.15) is 36.1 Å². The van der Waals surface area contributed by atoms with E-state index in [1.54, 1.807) is 12.4 Å². The number of aromatic nitrogens is 2. The fraction of sp³-hybridized carbons (Fsp3) is 0.357. The van der Waals surface area contributed by atoms with Crippen molar-refractivity contribution in [2.75, 3.05) is 31.1 Å². The van der Waals surface area contributed by atoms with Gasteiger partial charge in [0.15, 0.2) is 0 Å². The molecule has 0 atom stereocenters. The standard InChI is InChI=1S/C18H23N5O.C10H12ClNO/c1-15(24)21-12-16-2-4-17(5-3-16)14-22-8-10-23(11-9-22)18-13-19-6-7-20-18;1-8(13)12-7-10-4-2-9(6-11)3-5-10/h2-7,13H,8-12,14H2,1H3,(H,21,24);2-5H,6-7H2,1H3,(H,12,13). The van der Waals surface area contributed by atoms with Crippen molar-refractivity contribution in [1.29, 1.82) is 0 Å². The highest BCUT2D eigenvalue weighted by atomic mass is 35.5. The van der Waals surface area contributed by atoms with Gasteiger partial charge in [0, 0.05) is 77.9 Å². The third-order valence-corrected chi connectivity index (χ3v) is 6.24. The van der Waals surface area contributed by atoms with Crippen molar-refractivity contribution in [2.24, 2.45) is 0 Å². The van der Waals surface area contributed by atoms with E-state index in [1.807, 2.05) is 30.5 Å². The summed E-state index contributed by atoms with van der Waals surface area (Å²) in [7, 11) is 0. The van der Waals surface area contributed by atoms with Gasteiger partial charge in [-0.05, 0) is 22.3 Å². The molecule has 2 amide bonds. The minimum Gasteiger partial charge on any atom is -0.353 e. The second kappa shape index (κ2) is 14.9. The molecule has 37 heavy (non-hydrogen) atoms. The summed E-state index contributed by atoms with van der Waals surface area (Å²) in [6.45, 7) is 9.15. The average molecular weight is 523 g/mol. The van der Waals surface area contributed by atoms with Crippen LogP contribution in [0.3, 0.4) is 0 Å². The molecule has 196 valence electrons. The number of benzene rings is 2. The second-order valence-electron chi connectivity index (χ2n) is 8.91. The molecule has 0 aliphatic carbocycles. The Morgan fingerprint density at radius 1 is 0.784 bits per heavy atom. The lowest BCUT2D eigenvalue weighted by molar-refractivity contribution is -0.120. The van der Waals surface area contributed by atoms with E-state index in [4.69, 9.17) is 11.6 Å². The molecule has 2 N–H and O–H groups in total. The van der Waals surface area contributed by atoms with Crippen molar-refractivity contribution in [3.05, 3.63) is 89.4 Å². The lowest BCUT2D eigenvalue weighted by atomic mass is 10.1. The number of hydrogen-bond donors (Lipinski definition) is 2. The summed E-state index contributed by atoms with van der Waals surface area (Å²) in [5, 5.41) is 5.54. The van der Waals surface area contributed by atoms with Crippen molar-refractivity contribution in [3.8, 4) is 0 Å². The van der Waals surface area contributed by atoms with Gasteiger partial charge in [-0.2, -0.15) is 0 Å². The summed E-state index contributed by atoms with van der Waals surface area (Å²) in [5.41, 5.74) is 4.60. The maximum Gasteiger partial charge on any atom is 0.217 e. The van der Waals surface area contributed by atoms with E-state index in [1.165, 1.54) is 19.4 Å². The van der Waals surface area contributed by atoms with Crippen LogP contribution in [-0.4, -0.2) is 52.9 Å². The Labute approximate surface area is 224 Å². The molecule has 4 rings (SSSR count). The van der Waals surface area contributed by atoms with E-state index < -0.39 is 0 Å². The van der Waals surface area contributed by atoms with Crippen LogP contribution in [-0.2, 0) is 35.1 Å². The molecule has 8 nitrogen and oxygen atoms in total. The van der Waals surface area contributed by atoms with Gasteiger partial charge in [-0.1, -0.05) is 48.5 Å². The van der Waals surface area contributed by atoms with Crippen molar-refractivity contribution in [3.63, 3.8) is 0 Å². The van der Waals surface area contributed by atoms with E-state index in [-0.39, 0.29) is 11.8 Å². The van der Waals surface area contributed by atoms with Crippen molar-refractivity contribution >= 4 is 29.2 Å². The number of carbonyl (C=O) groups is 2. The van der Waals surface area contributed by atoms with E-state index in [9.17, 15) is 9.59 Å². The minimum atomic E-state index is -0.0126. The summed E-state index contributed by atoms with van der Waals surface area (Å²) >= 11 is 5.64. The number of nitrogens with one attached hydrogen (secondary N) is 2. The van der Waals surface area contributed by atoms with Gasteiger partial charge in [-0.3, -0.25) is 19.5 Å². The second-order valence-corrected chi connectivity index (χ2v) is 9.18. The Bertz CT molecular complexity index is 1100. The molecule has 1 aliphatic heterocycles. The Morgan fingerprint density at radius 3 is 1.76 bits per heavy atom. The molecule has 0 bridgehead atoms. The van der Waals surface area contributed by atoms with Crippen molar-refractivity contribution < 1.29 is 9.59 Å². The molecule has 2 heterocycles. The van der Waals surface area contributed by atoms with Gasteiger partial charge < -0.3 is 15.5 Å². The molecule has 3 aromatic rings. The number of rotatable bonds is 8. The van der Waals surface area contributed by atoms with Crippen LogP contribution in [0.5, 0.6) is 0 Å². The molecule has 0 spiro atoms. The topological polar surface area (TPSA) is 90.5 Å². The number of amides is 2. The van der Waals surface area contributed by atoms with E-state index >= 15 is 0 Å². The highest BCUT2D eigenvalue weighted by Gasteiger charge is 2.18. The van der Waals surface area contributed by atoms with E-state index in [0.717, 1.165) is 55.2 Å². The fourth-order valence-electron chi connectivity index (χ4n) is 3.81. The predicted octanol–water partition coefficient (Wildman–Crippen LogP) is 3.50. The Balaban J connectivity index is 0.000000248. The molecule has 0 unspecified atom stereocenters. The quantitative estimate of drug-likeness (QED) is 0.440. The van der Waals surface area contributed by atoms with Crippen LogP contribution in [0.4, 0.5) is 5.82 Å². The number of piperazine rings is 1. The van der Waals surface area contributed by atoms with Crippen molar-refractivity contribution in [2.45, 2.75) is 39.4 Å². The monoisotopic (exact) mass is 522 g/mol. The van der Waals surface area contributed by atoms with Gasteiger partial charge in [0.05, 0.1) is 6.20 Å². The lowest BCUT2D eigenvalue weighted by Gasteiger charge is -2.35. The highest BCUT2D eigenvalue weighted by Crippen LogP contribution is 2.14. The zero-order valence-corrected chi connectivity index (χ0v) is 22.2. The van der Waals surface area contributed by atoms with Crippen LogP contribution in [0, 0.1) is 0 Å². The molecule has 2 aromatic carbocycles. The first-order valence-corrected chi connectivity index (χ1v) is 12.9. The van der Waals surface area contributed by atoms with Crippen LogP contribution in [0.15, 0.2) is 67.1 Å². The van der Waals surface area contributed by atoms with Crippen LogP contribution >= 0.6 is 11.6 Å². The Hall–Kier alpha value is -3.49. The minimum absolute atomic E-state index is 0.0000494. The predicted molar refractivity (Wildman–Crippen MR) is 147 cm³/mol. The van der Waals surface area contributed by atoms with E-state index in [0.29, 0.717) is 19.0 Å². The van der Waals surface area contributed by atoms with E-state index in [2.05, 4.69) is 54.7 Å². The number of nitrogens with zero attached hydrogens (tertiary/aromatic N) is 4. The van der Waals surface area contributed by atoms with Gasteiger partial charge in [0.25, 0.3) is 0 Å². The molecule has 1 aliphatic rings. The molecule has 0 saturated carbocycles. The molecular weight excluding hydrogens is 488 g/mol. The third kappa shape index (κ3) is 10.2. The lowest BCUT2D eigenvalue weighted by Crippen LogP contribution is -2.46. The summed E-state index contributed by atoms with van der Waals surface area (Å²) in [5.74, 6) is 1.47. The summed E-state index contributed by atoms with van der Waals surface area (Å²) in [6, 6.07) is 16.3. The summed E-state index contributed by atoms with van der Waals surface area (Å²) < 4.78 is 0. The maximum absolute atomic E-state index is 10.9. The number of alkyl halides is 1. The normalized spacial score (nSPS) is 13.3. The van der Waals surface area contributed by atoms with Gasteiger partial charge in [-0.15, -0.1) is 11.6 Å². The summed E-state index contributed by atoms with van der Waals surface area (Å²) in [6.07, 6.45) is 5.27. The third-order valence-electron chi connectivity index (χ3n) is 5.94. The van der Waals surface area contributed by atoms with Crippen LogP contribution < -0.4 is 15.5 Å². The smallest absolute Gasteiger partial charge is 0.217 e. The Morgan fingerprint density at radius 2 is 1.30 bits per heavy atom. The van der Waals surface area contributed by atoms with Crippen LogP contribution in [0.2, 0.25) is 0 Å². The molecule has 1 saturated heterocycles. The largest absolute Gasteiger partial charge is 0.353 e. The van der Waals surface area contributed by atoms with Crippen LogP contribution in [0.25, 0.3) is 0 Å². The first-order valence-electron chi connectivity index (χ1n) is 12.4. The number of halogens is 1. The average Bonchev–Trinajstić information content (AvgIpc) is 2.93. The molecule has 1 aromatic heterocycles. The Kier molecular flexibility index (Phi) is 11.3. The fourth-order valence-corrected chi connectivity index (χ4v) is 3.99. The van der Waals surface area contributed by atoms with Gasteiger partial charge in [0.1, 0.15) is 5.82 Å². The first kappa shape index (κ1) is 28.1. The zero-order valence-electron chi connectivity index (χ0n) is 21.5. The van der Waals surface area contributed by atoms with Gasteiger partial charge in [0.2, 0.25) is 11.8 Å². The number of hydrogen-bond acceptors (Lipinski definition) is 6. The van der Waals surface area contributed by atoms with Gasteiger partial charge in [-0.25, -0.2) is 4.98 Å². The highest BCUT2D eigenvalue weighted by molar-refractivity contribution is 6.17. The first-order chi connectivity index (χ1) is 17.9. The molecule has 9 heteroatoms. The molecular formula is C28H35ClN6O2. The zero-order chi connectivity index (χ0) is 26.5. The molecule has 0 radical (unpaired) electrons.